The molecule has 2 aromatic carbocycles. The molecule has 3 rings (SSSR count). The largest absolute Gasteiger partial charge is 0.331 e. The van der Waals surface area contributed by atoms with E-state index in [9.17, 15) is 4.79 Å². The third kappa shape index (κ3) is 4.01. The maximum atomic E-state index is 12.3. The first kappa shape index (κ1) is 17.5. The Morgan fingerprint density at radius 3 is 2.69 bits per heavy atom. The number of aromatic nitrogens is 4. The number of hydrogen-bond donors (Lipinski definition) is 3. The van der Waals surface area contributed by atoms with Crippen LogP contribution in [0.5, 0.6) is 0 Å². The summed E-state index contributed by atoms with van der Waals surface area (Å²) < 4.78 is 1.47. The summed E-state index contributed by atoms with van der Waals surface area (Å²) in [7, 11) is 0. The fraction of sp³-hybridized carbons (Fsp3) is 0.118. The van der Waals surface area contributed by atoms with Gasteiger partial charge < -0.3 is 5.32 Å². The number of rotatable bonds is 3. The van der Waals surface area contributed by atoms with Gasteiger partial charge in [0.05, 0.1) is 5.69 Å². The normalized spacial score (nSPS) is 10.2. The Hall–Kier alpha value is -3.33. The van der Waals surface area contributed by atoms with Gasteiger partial charge in [-0.2, -0.15) is 0 Å². The first-order chi connectivity index (χ1) is 12.5. The van der Waals surface area contributed by atoms with Gasteiger partial charge in [-0.3, -0.25) is 15.6 Å². The number of benzene rings is 2. The van der Waals surface area contributed by atoms with E-state index in [-0.39, 0.29) is 5.91 Å². The lowest BCUT2D eigenvalue weighted by Crippen LogP contribution is -2.43. The molecule has 0 fully saturated rings. The van der Waals surface area contributed by atoms with Crippen molar-refractivity contribution in [2.45, 2.75) is 13.8 Å². The number of hydrazine groups is 1. The molecule has 0 unspecified atom stereocenters. The first-order valence-corrected chi connectivity index (χ1v) is 8.22. The van der Waals surface area contributed by atoms with Crippen molar-refractivity contribution in [1.29, 1.82) is 0 Å². The molecule has 0 spiro atoms. The summed E-state index contributed by atoms with van der Waals surface area (Å²) in [6.07, 6.45) is 1.46. The predicted octanol–water partition coefficient (Wildman–Crippen LogP) is 1.91. The van der Waals surface area contributed by atoms with Crippen molar-refractivity contribution in [3.63, 3.8) is 0 Å². The summed E-state index contributed by atoms with van der Waals surface area (Å²) in [4.78, 5) is 12.3. The zero-order valence-corrected chi connectivity index (χ0v) is 15.0. The van der Waals surface area contributed by atoms with Gasteiger partial charge in [0.2, 0.25) is 0 Å². The number of carbonyl (C=O) groups is 1. The van der Waals surface area contributed by atoms with Crippen LogP contribution in [-0.2, 0) is 0 Å². The minimum Gasteiger partial charge on any atom is -0.331 e. The Labute approximate surface area is 155 Å². The van der Waals surface area contributed by atoms with E-state index < -0.39 is 0 Å². The molecule has 0 aliphatic heterocycles. The highest BCUT2D eigenvalue weighted by Crippen LogP contribution is 2.17. The van der Waals surface area contributed by atoms with Crippen molar-refractivity contribution in [2.75, 3.05) is 5.32 Å². The van der Waals surface area contributed by atoms with Gasteiger partial charge in [0, 0.05) is 11.3 Å². The van der Waals surface area contributed by atoms with Crippen molar-refractivity contribution < 1.29 is 4.79 Å². The van der Waals surface area contributed by atoms with Crippen molar-refractivity contribution in [3.8, 4) is 5.69 Å². The van der Waals surface area contributed by atoms with Crippen LogP contribution in [0.15, 0.2) is 48.8 Å². The van der Waals surface area contributed by atoms with Crippen LogP contribution in [0.25, 0.3) is 5.69 Å². The zero-order valence-electron chi connectivity index (χ0n) is 14.2. The van der Waals surface area contributed by atoms with Gasteiger partial charge >= 0.3 is 0 Å². The number of thiocarbonyl (C=S) groups is 1. The molecule has 0 bridgehead atoms. The third-order valence-electron chi connectivity index (χ3n) is 3.86. The molecule has 132 valence electrons. The van der Waals surface area contributed by atoms with Crippen molar-refractivity contribution >= 4 is 28.9 Å². The molecule has 0 aliphatic carbocycles. The number of aryl methyl sites for hydroxylation is 1. The van der Waals surface area contributed by atoms with E-state index in [1.54, 1.807) is 24.3 Å². The van der Waals surface area contributed by atoms with E-state index in [1.807, 2.05) is 32.0 Å². The summed E-state index contributed by atoms with van der Waals surface area (Å²) >= 11 is 5.23. The van der Waals surface area contributed by atoms with Crippen LogP contribution in [0.2, 0.25) is 0 Å². The molecule has 8 nitrogen and oxygen atoms in total. The lowest BCUT2D eigenvalue weighted by atomic mass is 10.1. The van der Waals surface area contributed by atoms with Crippen LogP contribution in [-0.4, -0.2) is 31.2 Å². The standard InChI is InChI=1S/C17H17N7OS/c1-11-5-3-8-15(12(11)2)19-17(26)21-20-16(25)13-6-4-7-14(9-13)24-10-18-22-23-24/h3-10H,1-2H3,(H,20,25)(H2,19,21,26). The number of hydrogen-bond acceptors (Lipinski definition) is 5. The SMILES string of the molecule is Cc1cccc(NC(=S)NNC(=O)c2cccc(-n3cnnn3)c2)c1C. The Morgan fingerprint density at radius 1 is 1.12 bits per heavy atom. The number of amides is 1. The Kier molecular flexibility index (Phi) is 5.18. The second kappa shape index (κ2) is 7.70. The monoisotopic (exact) mass is 367 g/mol. The number of tetrazole rings is 1. The molecule has 0 aliphatic rings. The average molecular weight is 367 g/mol. The van der Waals surface area contributed by atoms with Crippen LogP contribution < -0.4 is 16.2 Å². The number of nitrogens with one attached hydrogen (secondary N) is 3. The molecule has 9 heteroatoms. The molecule has 0 saturated carbocycles. The fourth-order valence-corrected chi connectivity index (χ4v) is 2.46. The highest BCUT2D eigenvalue weighted by molar-refractivity contribution is 7.80. The van der Waals surface area contributed by atoms with Crippen LogP contribution in [0.1, 0.15) is 21.5 Å². The van der Waals surface area contributed by atoms with E-state index in [0.29, 0.717) is 16.4 Å². The van der Waals surface area contributed by atoms with Gasteiger partial charge in [-0.05, 0) is 71.9 Å². The van der Waals surface area contributed by atoms with Gasteiger partial charge in [-0.1, -0.05) is 18.2 Å². The number of nitrogens with zero attached hydrogens (tertiary/aromatic N) is 4. The molecule has 1 amide bonds. The summed E-state index contributed by atoms with van der Waals surface area (Å²) in [5, 5.41) is 14.3. The van der Waals surface area contributed by atoms with Crippen molar-refractivity contribution in [3.05, 3.63) is 65.5 Å². The van der Waals surface area contributed by atoms with E-state index in [4.69, 9.17) is 12.2 Å². The van der Waals surface area contributed by atoms with Crippen LogP contribution in [0, 0.1) is 13.8 Å². The smallest absolute Gasteiger partial charge is 0.269 e. The second-order valence-electron chi connectivity index (χ2n) is 5.59. The topological polar surface area (TPSA) is 96.8 Å². The van der Waals surface area contributed by atoms with E-state index in [0.717, 1.165) is 16.8 Å². The summed E-state index contributed by atoms with van der Waals surface area (Å²) in [6, 6.07) is 12.8. The molecule has 3 aromatic rings. The third-order valence-corrected chi connectivity index (χ3v) is 4.07. The summed E-state index contributed by atoms with van der Waals surface area (Å²) in [5.74, 6) is -0.329. The maximum Gasteiger partial charge on any atom is 0.269 e. The molecular formula is C17H17N7OS. The fourth-order valence-electron chi connectivity index (χ4n) is 2.30. The molecule has 26 heavy (non-hydrogen) atoms. The van der Waals surface area contributed by atoms with Gasteiger partial charge in [0.25, 0.3) is 5.91 Å². The highest BCUT2D eigenvalue weighted by Gasteiger charge is 2.09. The van der Waals surface area contributed by atoms with Gasteiger partial charge in [0.1, 0.15) is 6.33 Å². The van der Waals surface area contributed by atoms with E-state index in [2.05, 4.69) is 31.7 Å². The van der Waals surface area contributed by atoms with E-state index in [1.165, 1.54) is 11.0 Å². The molecular weight excluding hydrogens is 350 g/mol. The zero-order chi connectivity index (χ0) is 18.5. The molecule has 3 N–H and O–H groups in total. The predicted molar refractivity (Wildman–Crippen MR) is 102 cm³/mol. The quantitative estimate of drug-likeness (QED) is 0.481. The van der Waals surface area contributed by atoms with E-state index >= 15 is 0 Å². The Morgan fingerprint density at radius 2 is 1.92 bits per heavy atom. The highest BCUT2D eigenvalue weighted by atomic mass is 32.1. The first-order valence-electron chi connectivity index (χ1n) is 7.81. The lowest BCUT2D eigenvalue weighted by molar-refractivity contribution is 0.0944. The molecule has 0 atom stereocenters. The Bertz CT molecular complexity index is 940. The number of carbonyl (C=O) groups excluding carboxylic acids is 1. The number of anilines is 1. The van der Waals surface area contributed by atoms with Gasteiger partial charge in [0.15, 0.2) is 5.11 Å². The minimum atomic E-state index is -0.329. The van der Waals surface area contributed by atoms with Crippen LogP contribution in [0.3, 0.4) is 0 Å². The average Bonchev–Trinajstić information content (AvgIpc) is 3.18. The van der Waals surface area contributed by atoms with Crippen molar-refractivity contribution in [2.24, 2.45) is 0 Å². The summed E-state index contributed by atoms with van der Waals surface area (Å²) in [5.41, 5.74) is 9.53. The minimum absolute atomic E-state index is 0.295. The van der Waals surface area contributed by atoms with Gasteiger partial charge in [-0.15, -0.1) is 5.10 Å². The van der Waals surface area contributed by atoms with Crippen LogP contribution in [0.4, 0.5) is 5.69 Å². The molecule has 0 saturated heterocycles. The summed E-state index contributed by atoms with van der Waals surface area (Å²) in [6.45, 7) is 4.03. The second-order valence-corrected chi connectivity index (χ2v) is 5.99. The molecule has 1 aromatic heterocycles. The van der Waals surface area contributed by atoms with Gasteiger partial charge in [-0.25, -0.2) is 4.68 Å². The molecule has 0 radical (unpaired) electrons. The maximum absolute atomic E-state index is 12.3. The molecule has 1 heterocycles. The lowest BCUT2D eigenvalue weighted by Gasteiger charge is -2.14. The van der Waals surface area contributed by atoms with Crippen LogP contribution >= 0.6 is 12.2 Å². The Balaban J connectivity index is 1.61. The van der Waals surface area contributed by atoms with Crippen molar-refractivity contribution in [1.82, 2.24) is 31.1 Å².